The van der Waals surface area contributed by atoms with Gasteiger partial charge in [-0.05, 0) is 53.9 Å². The Balaban J connectivity index is 1.22. The van der Waals surface area contributed by atoms with Crippen LogP contribution in [0.25, 0.3) is 17.1 Å². The number of amides is 3. The summed E-state index contributed by atoms with van der Waals surface area (Å²) in [7, 11) is 0. The molecular weight excluding hydrogens is 700 g/mol. The Morgan fingerprint density at radius 1 is 0.870 bits per heavy atom. The molecule has 1 aliphatic carbocycles. The fraction of sp³-hybridized carbons (Fsp3) is 0.257. The van der Waals surface area contributed by atoms with Crippen molar-refractivity contribution in [2.24, 2.45) is 0 Å². The van der Waals surface area contributed by atoms with Gasteiger partial charge in [0, 0.05) is 18.7 Å². The van der Waals surface area contributed by atoms with Gasteiger partial charge in [0.25, 0.3) is 11.9 Å². The molecular formula is C35H36N12O7. The standard InChI is InChI=1S/C35H36N12O7/c48-16-27(51)41-25-13-26(30(53)29(25)52)46-17-39-28-31(37-15-24(19-4-8-22(49)9-5-19)20-6-10-23(50)11-7-20)42-34(43-32(28)46)47-18-40-33(45-47)44-35(54)38-14-21-3-1-2-12-36-21/h1-12,17-18,24-26,29-30,48-50,52-53H,13-16H2,(H,41,51)(H,37,42,43)(H2,38,44,45,54)/t25-,26+,29+,30-/m0/s1. The maximum atomic E-state index is 12.6. The van der Waals surface area contributed by atoms with Crippen molar-refractivity contribution in [2.45, 2.75) is 43.2 Å². The quantitative estimate of drug-likeness (QED) is 0.0846. The lowest BCUT2D eigenvalue weighted by atomic mass is 9.91. The number of hydrogen-bond acceptors (Lipinski definition) is 14. The highest BCUT2D eigenvalue weighted by molar-refractivity contribution is 5.87. The summed E-state index contributed by atoms with van der Waals surface area (Å²) in [6, 6.07) is 16.6. The lowest BCUT2D eigenvalue weighted by Gasteiger charge is -2.20. The number of imidazole rings is 1. The van der Waals surface area contributed by atoms with Gasteiger partial charge < -0.3 is 46.1 Å². The lowest BCUT2D eigenvalue weighted by Crippen LogP contribution is -2.44. The van der Waals surface area contributed by atoms with Crippen LogP contribution in [-0.4, -0.2) is 108 Å². The van der Waals surface area contributed by atoms with Gasteiger partial charge in [-0.25, -0.2) is 9.78 Å². The molecule has 4 heterocycles. The van der Waals surface area contributed by atoms with Gasteiger partial charge in [-0.3, -0.25) is 15.1 Å². The van der Waals surface area contributed by atoms with Gasteiger partial charge >= 0.3 is 6.03 Å². The van der Waals surface area contributed by atoms with Crippen LogP contribution in [0.15, 0.2) is 85.6 Å². The van der Waals surface area contributed by atoms with E-state index in [0.717, 1.165) is 11.1 Å². The third-order valence-corrected chi connectivity index (χ3v) is 9.05. The van der Waals surface area contributed by atoms with Gasteiger partial charge in [0.15, 0.2) is 17.0 Å². The number of anilines is 2. The van der Waals surface area contributed by atoms with Crippen molar-refractivity contribution in [3.63, 3.8) is 0 Å². The van der Waals surface area contributed by atoms with E-state index in [4.69, 9.17) is 9.97 Å². The fourth-order valence-corrected chi connectivity index (χ4v) is 6.33. The maximum Gasteiger partial charge on any atom is 0.321 e. The molecule has 0 saturated heterocycles. The first kappa shape index (κ1) is 35.7. The Bertz CT molecular complexity index is 2190. The monoisotopic (exact) mass is 736 g/mol. The number of nitrogens with zero attached hydrogens (tertiary/aromatic N) is 8. The second kappa shape index (κ2) is 15.5. The number of carbonyl (C=O) groups is 2. The second-order valence-corrected chi connectivity index (χ2v) is 12.6. The van der Waals surface area contributed by atoms with Crippen LogP contribution in [0, 0.1) is 0 Å². The van der Waals surface area contributed by atoms with Crippen molar-refractivity contribution >= 4 is 34.9 Å². The molecule has 278 valence electrons. The molecule has 1 saturated carbocycles. The third kappa shape index (κ3) is 7.72. The third-order valence-electron chi connectivity index (χ3n) is 9.05. The smallest absolute Gasteiger partial charge is 0.321 e. The molecule has 1 aliphatic rings. The zero-order valence-electron chi connectivity index (χ0n) is 28.4. The Hall–Kier alpha value is -6.70. The maximum absolute atomic E-state index is 12.6. The van der Waals surface area contributed by atoms with Crippen LogP contribution in [0.2, 0.25) is 0 Å². The van der Waals surface area contributed by atoms with Crippen LogP contribution in [0.3, 0.4) is 0 Å². The number of rotatable bonds is 12. The van der Waals surface area contributed by atoms with Crippen molar-refractivity contribution in [1.29, 1.82) is 0 Å². The molecule has 7 rings (SSSR count). The summed E-state index contributed by atoms with van der Waals surface area (Å²) < 4.78 is 2.82. The van der Waals surface area contributed by atoms with Gasteiger partial charge in [0.2, 0.25) is 5.91 Å². The lowest BCUT2D eigenvalue weighted by molar-refractivity contribution is -0.125. The summed E-state index contributed by atoms with van der Waals surface area (Å²) in [5.41, 5.74) is 2.93. The number of fused-ring (bicyclic) bond motifs is 1. The van der Waals surface area contributed by atoms with Crippen LogP contribution in [0.4, 0.5) is 16.6 Å². The Morgan fingerprint density at radius 2 is 1.59 bits per heavy atom. The predicted molar refractivity (Wildman–Crippen MR) is 192 cm³/mol. The van der Waals surface area contributed by atoms with E-state index in [1.54, 1.807) is 77.5 Å². The van der Waals surface area contributed by atoms with Crippen molar-refractivity contribution in [1.82, 2.24) is 49.9 Å². The minimum Gasteiger partial charge on any atom is -0.508 e. The van der Waals surface area contributed by atoms with E-state index in [-0.39, 0.29) is 60.3 Å². The Kier molecular flexibility index (Phi) is 10.2. The molecule has 54 heavy (non-hydrogen) atoms. The number of aromatic nitrogens is 8. The second-order valence-electron chi connectivity index (χ2n) is 12.6. The molecule has 9 N–H and O–H groups in total. The summed E-state index contributed by atoms with van der Waals surface area (Å²) in [6.45, 7) is -0.345. The normalized spacial score (nSPS) is 18.1. The van der Waals surface area contributed by atoms with E-state index in [0.29, 0.717) is 11.2 Å². The number of hydrogen-bond donors (Lipinski definition) is 9. The molecule has 0 radical (unpaired) electrons. The van der Waals surface area contributed by atoms with Crippen LogP contribution in [0.1, 0.15) is 35.2 Å². The van der Waals surface area contributed by atoms with Gasteiger partial charge in [-0.2, -0.15) is 19.6 Å². The summed E-state index contributed by atoms with van der Waals surface area (Å²) in [5, 5.41) is 66.5. The number of aliphatic hydroxyl groups is 3. The van der Waals surface area contributed by atoms with Crippen molar-refractivity contribution < 1.29 is 35.1 Å². The summed E-state index contributed by atoms with van der Waals surface area (Å²) >= 11 is 0. The number of aromatic hydroxyl groups is 2. The highest BCUT2D eigenvalue weighted by atomic mass is 16.3. The van der Waals surface area contributed by atoms with Gasteiger partial charge in [-0.15, -0.1) is 5.10 Å². The highest BCUT2D eigenvalue weighted by Crippen LogP contribution is 2.35. The molecule has 19 heteroatoms. The number of phenols is 2. The highest BCUT2D eigenvalue weighted by Gasteiger charge is 2.44. The number of nitrogens with one attached hydrogen (secondary N) is 4. The zero-order valence-corrected chi connectivity index (χ0v) is 28.4. The average Bonchev–Trinajstić information content (AvgIpc) is 3.90. The molecule has 2 aromatic carbocycles. The SMILES string of the molecule is O=C(CO)N[C@H]1C[C@@H](n2cnc3c(NCC(c4ccc(O)cc4)c4ccc(O)cc4)nc(-n4cnc(NC(=O)NCc5ccccn5)n4)nc32)[C@H](O)[C@@H]1O. The number of phenolic OH excluding ortho intramolecular Hbond substituents is 2. The molecule has 4 atom stereocenters. The van der Waals surface area contributed by atoms with Gasteiger partial charge in [0.05, 0.1) is 30.6 Å². The number of aliphatic hydroxyl groups excluding tert-OH is 3. The first-order valence-electron chi connectivity index (χ1n) is 16.9. The Labute approximate surface area is 306 Å². The Morgan fingerprint density at radius 3 is 2.26 bits per heavy atom. The van der Waals surface area contributed by atoms with E-state index < -0.39 is 42.8 Å². The first-order chi connectivity index (χ1) is 26.2. The summed E-state index contributed by atoms with van der Waals surface area (Å²) in [4.78, 5) is 46.9. The summed E-state index contributed by atoms with van der Waals surface area (Å²) in [6.07, 6.45) is 1.80. The fourth-order valence-electron chi connectivity index (χ4n) is 6.33. The van der Waals surface area contributed by atoms with Crippen LogP contribution in [0.5, 0.6) is 11.5 Å². The first-order valence-corrected chi connectivity index (χ1v) is 16.9. The van der Waals surface area contributed by atoms with E-state index >= 15 is 0 Å². The van der Waals surface area contributed by atoms with Gasteiger partial charge in [0.1, 0.15) is 36.6 Å². The molecule has 1 fully saturated rings. The topological polar surface area (TPSA) is 271 Å². The van der Waals surface area contributed by atoms with Crippen LogP contribution >= 0.6 is 0 Å². The number of urea groups is 1. The number of carbonyl (C=O) groups excluding carboxylic acids is 2. The zero-order chi connectivity index (χ0) is 37.8. The molecule has 0 bridgehead atoms. The van der Waals surface area contributed by atoms with E-state index in [2.05, 4.69) is 41.3 Å². The minimum atomic E-state index is -1.34. The van der Waals surface area contributed by atoms with Crippen LogP contribution in [-0.2, 0) is 11.3 Å². The molecule has 0 aliphatic heterocycles. The predicted octanol–water partition coefficient (Wildman–Crippen LogP) is 0.923. The summed E-state index contributed by atoms with van der Waals surface area (Å²) in [5.74, 6) is -0.538. The van der Waals surface area contributed by atoms with Gasteiger partial charge in [-0.1, -0.05) is 30.3 Å². The largest absolute Gasteiger partial charge is 0.508 e. The average molecular weight is 737 g/mol. The molecule has 0 unspecified atom stereocenters. The molecule has 3 amide bonds. The molecule has 6 aromatic rings. The van der Waals surface area contributed by atoms with Crippen LogP contribution < -0.4 is 21.3 Å². The van der Waals surface area contributed by atoms with Crippen molar-refractivity contribution in [2.75, 3.05) is 23.8 Å². The van der Waals surface area contributed by atoms with E-state index in [9.17, 15) is 35.1 Å². The van der Waals surface area contributed by atoms with Crippen molar-refractivity contribution in [3.05, 3.63) is 102 Å². The number of pyridine rings is 1. The number of benzene rings is 2. The minimum absolute atomic E-state index is 0.0187. The molecule has 0 spiro atoms. The van der Waals surface area contributed by atoms with E-state index in [1.165, 1.54) is 17.3 Å². The van der Waals surface area contributed by atoms with Crippen molar-refractivity contribution in [3.8, 4) is 17.4 Å². The van der Waals surface area contributed by atoms with E-state index in [1.807, 2.05) is 0 Å². The molecule has 4 aromatic heterocycles. The molecule has 19 nitrogen and oxygen atoms in total.